The number of benzene rings is 1. The molecule has 0 radical (unpaired) electrons. The van der Waals surface area contributed by atoms with Gasteiger partial charge in [-0.25, -0.2) is 0 Å². The Kier molecular flexibility index (Phi) is 4.09. The monoisotopic (exact) mass is 337 g/mol. The molecule has 1 fully saturated rings. The summed E-state index contributed by atoms with van der Waals surface area (Å²) in [4.78, 5) is 19.0. The number of carbonyl (C=O) groups is 1. The van der Waals surface area contributed by atoms with E-state index in [9.17, 15) is 4.79 Å². The second kappa shape index (κ2) is 6.55. The number of hydrogen-bond acceptors (Lipinski definition) is 5. The van der Waals surface area contributed by atoms with E-state index in [4.69, 9.17) is 8.94 Å². The normalized spacial score (nSPS) is 17.6. The number of rotatable bonds is 3. The maximum Gasteiger partial charge on any atom is 0.253 e. The lowest BCUT2D eigenvalue weighted by Gasteiger charge is -2.31. The van der Waals surface area contributed by atoms with Crippen LogP contribution in [0.1, 0.15) is 40.8 Å². The molecule has 128 valence electrons. The first kappa shape index (κ1) is 15.6. The Labute approximate surface area is 145 Å². The Morgan fingerprint density at radius 3 is 2.80 bits per heavy atom. The summed E-state index contributed by atoms with van der Waals surface area (Å²) in [7, 11) is 0. The number of hydrogen-bond donors (Lipinski definition) is 0. The second-order valence-corrected chi connectivity index (χ2v) is 6.32. The van der Waals surface area contributed by atoms with Crippen molar-refractivity contribution in [3.8, 4) is 11.6 Å². The van der Waals surface area contributed by atoms with Crippen LogP contribution < -0.4 is 0 Å². The third-order valence-electron chi connectivity index (χ3n) is 4.48. The molecule has 6 nitrogen and oxygen atoms in total. The van der Waals surface area contributed by atoms with Crippen molar-refractivity contribution < 1.29 is 13.7 Å². The quantitative estimate of drug-likeness (QED) is 0.729. The largest absolute Gasteiger partial charge is 0.458 e. The van der Waals surface area contributed by atoms with E-state index in [1.54, 1.807) is 0 Å². The van der Waals surface area contributed by atoms with Crippen LogP contribution in [0.5, 0.6) is 0 Å². The number of likely N-dealkylation sites (tertiary alicyclic amines) is 1. The minimum absolute atomic E-state index is 0.0479. The minimum Gasteiger partial charge on any atom is -0.458 e. The number of aromatic nitrogens is 2. The topological polar surface area (TPSA) is 72.4 Å². The fraction of sp³-hybridized carbons (Fsp3) is 0.316. The Balaban J connectivity index is 1.50. The zero-order valence-corrected chi connectivity index (χ0v) is 14.0. The van der Waals surface area contributed by atoms with Crippen molar-refractivity contribution in [2.75, 3.05) is 13.1 Å². The van der Waals surface area contributed by atoms with Crippen molar-refractivity contribution in [2.45, 2.75) is 25.7 Å². The van der Waals surface area contributed by atoms with E-state index >= 15 is 0 Å². The smallest absolute Gasteiger partial charge is 0.253 e. The Morgan fingerprint density at radius 1 is 1.20 bits per heavy atom. The van der Waals surface area contributed by atoms with Crippen LogP contribution >= 0.6 is 0 Å². The molecule has 0 unspecified atom stereocenters. The molecule has 0 aliphatic carbocycles. The molecule has 0 N–H and O–H groups in total. The van der Waals surface area contributed by atoms with Crippen molar-refractivity contribution >= 4 is 5.91 Å². The lowest BCUT2D eigenvalue weighted by atomic mass is 9.97. The minimum atomic E-state index is 0.0479. The van der Waals surface area contributed by atoms with E-state index in [-0.39, 0.29) is 11.8 Å². The van der Waals surface area contributed by atoms with Crippen LogP contribution in [0.3, 0.4) is 0 Å². The fourth-order valence-corrected chi connectivity index (χ4v) is 3.18. The van der Waals surface area contributed by atoms with E-state index in [0.29, 0.717) is 29.6 Å². The summed E-state index contributed by atoms with van der Waals surface area (Å²) in [5.41, 5.74) is 0.709. The van der Waals surface area contributed by atoms with Gasteiger partial charge in [-0.1, -0.05) is 23.4 Å². The van der Waals surface area contributed by atoms with Crippen LogP contribution in [0.2, 0.25) is 0 Å². The van der Waals surface area contributed by atoms with Gasteiger partial charge >= 0.3 is 0 Å². The third kappa shape index (κ3) is 3.20. The van der Waals surface area contributed by atoms with Crippen molar-refractivity contribution in [3.05, 3.63) is 59.7 Å². The third-order valence-corrected chi connectivity index (χ3v) is 4.48. The average molecular weight is 337 g/mol. The first-order valence-corrected chi connectivity index (χ1v) is 8.45. The van der Waals surface area contributed by atoms with Gasteiger partial charge in [0, 0.05) is 18.7 Å². The van der Waals surface area contributed by atoms with Crippen molar-refractivity contribution in [1.82, 2.24) is 15.0 Å². The zero-order valence-electron chi connectivity index (χ0n) is 14.0. The van der Waals surface area contributed by atoms with Gasteiger partial charge in [-0.05, 0) is 44.0 Å². The van der Waals surface area contributed by atoms with Crippen LogP contribution in [0.4, 0.5) is 0 Å². The van der Waals surface area contributed by atoms with Gasteiger partial charge in [0.1, 0.15) is 5.76 Å². The molecule has 1 aliphatic rings. The molecule has 1 aromatic carbocycles. The molecule has 0 bridgehead atoms. The summed E-state index contributed by atoms with van der Waals surface area (Å²) in [5.74, 6) is 2.52. The number of carbonyl (C=O) groups excluding carboxylic acids is 1. The molecule has 1 amide bonds. The molecule has 3 heterocycles. The van der Waals surface area contributed by atoms with Gasteiger partial charge < -0.3 is 13.8 Å². The van der Waals surface area contributed by atoms with E-state index in [1.807, 2.05) is 54.3 Å². The average Bonchev–Trinajstić information content (AvgIpc) is 3.31. The van der Waals surface area contributed by atoms with Crippen molar-refractivity contribution in [1.29, 1.82) is 0 Å². The maximum absolute atomic E-state index is 12.7. The molecule has 25 heavy (non-hydrogen) atoms. The predicted octanol–water partition coefficient (Wildman–Crippen LogP) is 3.66. The van der Waals surface area contributed by atoms with Gasteiger partial charge in [-0.3, -0.25) is 4.79 Å². The molecule has 1 aliphatic heterocycles. The van der Waals surface area contributed by atoms with Gasteiger partial charge in [0.05, 0.1) is 5.92 Å². The first-order chi connectivity index (χ1) is 12.2. The molecule has 2 aromatic heterocycles. The second-order valence-electron chi connectivity index (χ2n) is 6.32. The van der Waals surface area contributed by atoms with Crippen molar-refractivity contribution in [3.63, 3.8) is 0 Å². The molecular formula is C19H19N3O3. The van der Waals surface area contributed by atoms with Gasteiger partial charge in [0.25, 0.3) is 5.91 Å². The number of nitrogens with zero attached hydrogens (tertiary/aromatic N) is 3. The van der Waals surface area contributed by atoms with Crippen molar-refractivity contribution in [2.24, 2.45) is 0 Å². The highest BCUT2D eigenvalue weighted by molar-refractivity contribution is 5.94. The van der Waals surface area contributed by atoms with Crippen LogP contribution in [0, 0.1) is 6.92 Å². The van der Waals surface area contributed by atoms with Gasteiger partial charge in [-0.15, -0.1) is 0 Å². The SMILES string of the molecule is Cc1ccc(-c2noc([C@H]3CCCN(C(=O)c4ccccc4)C3)n2)o1. The molecule has 4 rings (SSSR count). The number of amides is 1. The summed E-state index contributed by atoms with van der Waals surface area (Å²) in [6, 6.07) is 13.1. The van der Waals surface area contributed by atoms with E-state index in [0.717, 1.165) is 25.1 Å². The number of furan rings is 1. The highest BCUT2D eigenvalue weighted by Gasteiger charge is 2.29. The highest BCUT2D eigenvalue weighted by Crippen LogP contribution is 2.28. The molecule has 3 aromatic rings. The summed E-state index contributed by atoms with van der Waals surface area (Å²) in [5, 5.41) is 4.02. The van der Waals surface area contributed by atoms with E-state index < -0.39 is 0 Å². The standard InChI is InChI=1S/C19H19N3O3/c1-13-9-10-16(24-13)17-20-18(25-21-17)15-8-5-11-22(12-15)19(23)14-6-3-2-4-7-14/h2-4,6-7,9-10,15H,5,8,11-12H2,1H3/t15-/m0/s1. The maximum atomic E-state index is 12.7. The van der Waals surface area contributed by atoms with E-state index in [2.05, 4.69) is 10.1 Å². The van der Waals surface area contributed by atoms with Gasteiger partial charge in [0.15, 0.2) is 5.76 Å². The lowest BCUT2D eigenvalue weighted by Crippen LogP contribution is -2.39. The first-order valence-electron chi connectivity index (χ1n) is 8.45. The fourth-order valence-electron chi connectivity index (χ4n) is 3.18. The summed E-state index contributed by atoms with van der Waals surface area (Å²) >= 11 is 0. The lowest BCUT2D eigenvalue weighted by molar-refractivity contribution is 0.0695. The Morgan fingerprint density at radius 2 is 2.04 bits per heavy atom. The molecule has 6 heteroatoms. The predicted molar refractivity (Wildman–Crippen MR) is 91.1 cm³/mol. The number of aryl methyl sites for hydroxylation is 1. The zero-order chi connectivity index (χ0) is 17.2. The van der Waals surface area contributed by atoms with Crippen LogP contribution in [0.25, 0.3) is 11.6 Å². The van der Waals surface area contributed by atoms with E-state index in [1.165, 1.54) is 0 Å². The Hall–Kier alpha value is -2.89. The molecule has 1 atom stereocenters. The van der Waals surface area contributed by atoms with Crippen LogP contribution in [0.15, 0.2) is 51.4 Å². The molecular weight excluding hydrogens is 318 g/mol. The Bertz CT molecular complexity index is 869. The highest BCUT2D eigenvalue weighted by atomic mass is 16.5. The molecule has 0 spiro atoms. The summed E-state index contributed by atoms with van der Waals surface area (Å²) in [6.45, 7) is 3.22. The van der Waals surface area contributed by atoms with Crippen LogP contribution in [-0.4, -0.2) is 34.0 Å². The number of piperidine rings is 1. The molecule has 0 saturated carbocycles. The van der Waals surface area contributed by atoms with Crippen LogP contribution in [-0.2, 0) is 0 Å². The summed E-state index contributed by atoms with van der Waals surface area (Å²) in [6.07, 6.45) is 1.85. The van der Waals surface area contributed by atoms with Gasteiger partial charge in [0.2, 0.25) is 11.7 Å². The molecule has 1 saturated heterocycles. The summed E-state index contributed by atoms with van der Waals surface area (Å²) < 4.78 is 11.0. The van der Waals surface area contributed by atoms with Gasteiger partial charge in [-0.2, -0.15) is 4.98 Å².